The largest absolute Gasteiger partial charge is 0.383 e. The number of methoxy groups -OCH3 is 1. The summed E-state index contributed by atoms with van der Waals surface area (Å²) in [5.74, 6) is 0.933. The smallest absolute Gasteiger partial charge is 0.186 e. The van der Waals surface area contributed by atoms with Crippen LogP contribution in [-0.4, -0.2) is 70.0 Å². The van der Waals surface area contributed by atoms with Crippen molar-refractivity contribution in [2.45, 2.75) is 25.9 Å². The minimum atomic E-state index is 0.231. The van der Waals surface area contributed by atoms with E-state index in [1.807, 2.05) is 10.7 Å². The molecule has 0 spiro atoms. The van der Waals surface area contributed by atoms with Crippen molar-refractivity contribution >= 4 is 26.7 Å². The minimum Gasteiger partial charge on any atom is -0.383 e. The average Bonchev–Trinajstić information content (AvgIpc) is 3.34. The van der Waals surface area contributed by atoms with E-state index in [2.05, 4.69) is 50.4 Å². The van der Waals surface area contributed by atoms with Crippen molar-refractivity contribution in [2.75, 3.05) is 44.8 Å². The van der Waals surface area contributed by atoms with E-state index in [4.69, 9.17) is 9.72 Å². The Morgan fingerprint density at radius 1 is 1.19 bits per heavy atom. The maximum absolute atomic E-state index is 5.17. The molecule has 0 saturated carbocycles. The molecule has 8 nitrogen and oxygen atoms in total. The number of para-hydroxylation sites is 1. The number of hydrogen-bond acceptors (Lipinski definition) is 8. The molecule has 3 heterocycles. The maximum atomic E-state index is 5.17. The second-order valence-electron chi connectivity index (χ2n) is 6.66. The summed E-state index contributed by atoms with van der Waals surface area (Å²) in [5, 5.41) is 13.4. The van der Waals surface area contributed by atoms with E-state index in [0.29, 0.717) is 13.2 Å². The van der Waals surface area contributed by atoms with Gasteiger partial charge in [0.1, 0.15) is 0 Å². The first kappa shape index (κ1) is 18.3. The molecule has 1 aliphatic rings. The van der Waals surface area contributed by atoms with Gasteiger partial charge in [-0.2, -0.15) is 0 Å². The second kappa shape index (κ2) is 8.28. The highest BCUT2D eigenvalue weighted by Gasteiger charge is 2.28. The molecule has 3 aromatic rings. The SMILES string of the molecule is CC[C@@H](c1nnnn1CCOC)N1CCN(c2nc3ccccc3s2)CC1. The van der Waals surface area contributed by atoms with Gasteiger partial charge in [-0.1, -0.05) is 30.4 Å². The van der Waals surface area contributed by atoms with Crippen molar-refractivity contribution in [3.8, 4) is 0 Å². The molecule has 0 bridgehead atoms. The molecule has 0 N–H and O–H groups in total. The van der Waals surface area contributed by atoms with Gasteiger partial charge >= 0.3 is 0 Å². The predicted molar refractivity (Wildman–Crippen MR) is 106 cm³/mol. The van der Waals surface area contributed by atoms with Gasteiger partial charge < -0.3 is 9.64 Å². The van der Waals surface area contributed by atoms with Crippen molar-refractivity contribution in [1.29, 1.82) is 0 Å². The van der Waals surface area contributed by atoms with E-state index < -0.39 is 0 Å². The van der Waals surface area contributed by atoms with Crippen LogP contribution in [0.1, 0.15) is 25.2 Å². The summed E-state index contributed by atoms with van der Waals surface area (Å²) in [7, 11) is 1.70. The van der Waals surface area contributed by atoms with Gasteiger partial charge in [0.2, 0.25) is 0 Å². The van der Waals surface area contributed by atoms with Crippen LogP contribution in [0.25, 0.3) is 10.2 Å². The Balaban J connectivity index is 1.43. The summed E-state index contributed by atoms with van der Waals surface area (Å²) >= 11 is 1.77. The monoisotopic (exact) mass is 387 g/mol. The van der Waals surface area contributed by atoms with Crippen molar-refractivity contribution in [3.05, 3.63) is 30.1 Å². The highest BCUT2D eigenvalue weighted by atomic mass is 32.1. The molecule has 0 amide bonds. The van der Waals surface area contributed by atoms with E-state index in [9.17, 15) is 0 Å². The number of fused-ring (bicyclic) bond motifs is 1. The van der Waals surface area contributed by atoms with Crippen molar-refractivity contribution < 1.29 is 4.74 Å². The van der Waals surface area contributed by atoms with Crippen molar-refractivity contribution in [1.82, 2.24) is 30.1 Å². The Hall–Kier alpha value is -2.10. The molecule has 1 saturated heterocycles. The summed E-state index contributed by atoms with van der Waals surface area (Å²) in [6.45, 7) is 7.38. The molecule has 27 heavy (non-hydrogen) atoms. The molecule has 0 radical (unpaired) electrons. The van der Waals surface area contributed by atoms with Gasteiger partial charge in [-0.3, -0.25) is 4.90 Å². The number of tetrazole rings is 1. The number of aromatic nitrogens is 5. The number of nitrogens with zero attached hydrogens (tertiary/aromatic N) is 7. The molecule has 0 unspecified atom stereocenters. The van der Waals surface area contributed by atoms with Gasteiger partial charge in [0.25, 0.3) is 0 Å². The van der Waals surface area contributed by atoms with E-state index in [-0.39, 0.29) is 6.04 Å². The fourth-order valence-corrected chi connectivity index (χ4v) is 4.63. The topological polar surface area (TPSA) is 72.2 Å². The molecule has 4 rings (SSSR count). The van der Waals surface area contributed by atoms with Crippen LogP contribution in [0.15, 0.2) is 24.3 Å². The van der Waals surface area contributed by atoms with Gasteiger partial charge in [0, 0.05) is 33.3 Å². The van der Waals surface area contributed by atoms with Gasteiger partial charge in [0.15, 0.2) is 11.0 Å². The molecule has 1 aliphatic heterocycles. The molecule has 9 heteroatoms. The van der Waals surface area contributed by atoms with Gasteiger partial charge in [-0.25, -0.2) is 9.67 Å². The van der Waals surface area contributed by atoms with E-state index >= 15 is 0 Å². The predicted octanol–water partition coefficient (Wildman–Crippen LogP) is 2.20. The Kier molecular flexibility index (Phi) is 5.61. The zero-order valence-corrected chi connectivity index (χ0v) is 16.6. The number of thiazole rings is 1. The highest BCUT2D eigenvalue weighted by Crippen LogP contribution is 2.30. The molecule has 1 fully saturated rings. The molecule has 144 valence electrons. The highest BCUT2D eigenvalue weighted by molar-refractivity contribution is 7.22. The summed E-state index contributed by atoms with van der Waals surface area (Å²) < 4.78 is 8.30. The van der Waals surface area contributed by atoms with E-state index in [1.165, 1.54) is 4.70 Å². The van der Waals surface area contributed by atoms with Crippen LogP contribution in [0.5, 0.6) is 0 Å². The Bertz CT molecular complexity index is 838. The normalized spacial score (nSPS) is 16.9. The third kappa shape index (κ3) is 3.80. The molecule has 0 aliphatic carbocycles. The third-order valence-corrected chi connectivity index (χ3v) is 6.16. The van der Waals surface area contributed by atoms with E-state index in [0.717, 1.165) is 49.1 Å². The number of hydrogen-bond donors (Lipinski definition) is 0. The summed E-state index contributed by atoms with van der Waals surface area (Å²) in [6.07, 6.45) is 0.981. The number of rotatable bonds is 7. The average molecular weight is 388 g/mol. The lowest BCUT2D eigenvalue weighted by Crippen LogP contribution is -2.48. The van der Waals surface area contributed by atoms with Crippen LogP contribution in [0.4, 0.5) is 5.13 Å². The van der Waals surface area contributed by atoms with Crippen molar-refractivity contribution in [3.63, 3.8) is 0 Å². The van der Waals surface area contributed by atoms with Gasteiger partial charge in [-0.15, -0.1) is 5.10 Å². The lowest BCUT2D eigenvalue weighted by atomic mass is 10.1. The summed E-state index contributed by atoms with van der Waals surface area (Å²) in [4.78, 5) is 9.68. The zero-order chi connectivity index (χ0) is 18.6. The van der Waals surface area contributed by atoms with Gasteiger partial charge in [0.05, 0.1) is 29.4 Å². The standard InChI is InChI=1S/C18H25N7OS/c1-3-15(17-20-21-22-25(17)12-13-26-2)23-8-10-24(11-9-23)18-19-14-6-4-5-7-16(14)27-18/h4-7,15H,3,8-13H2,1-2H3/t15-/m0/s1. The Labute approximate surface area is 162 Å². The van der Waals surface area contributed by atoms with Crippen LogP contribution in [0, 0.1) is 0 Å². The zero-order valence-electron chi connectivity index (χ0n) is 15.8. The molecular formula is C18H25N7OS. The van der Waals surface area contributed by atoms with Crippen LogP contribution < -0.4 is 4.90 Å². The lowest BCUT2D eigenvalue weighted by Gasteiger charge is -2.38. The van der Waals surface area contributed by atoms with Crippen molar-refractivity contribution in [2.24, 2.45) is 0 Å². The van der Waals surface area contributed by atoms with Crippen LogP contribution in [0.3, 0.4) is 0 Å². The fraction of sp³-hybridized carbons (Fsp3) is 0.556. The summed E-state index contributed by atoms with van der Waals surface area (Å²) in [6, 6.07) is 8.57. The second-order valence-corrected chi connectivity index (χ2v) is 7.67. The molecule has 1 atom stereocenters. The number of anilines is 1. The summed E-state index contributed by atoms with van der Waals surface area (Å²) in [5.41, 5.74) is 1.09. The number of piperazine rings is 1. The molecule has 1 aromatic carbocycles. The Morgan fingerprint density at radius 3 is 2.74 bits per heavy atom. The lowest BCUT2D eigenvalue weighted by molar-refractivity contribution is 0.157. The minimum absolute atomic E-state index is 0.231. The first-order chi connectivity index (χ1) is 13.3. The van der Waals surface area contributed by atoms with Crippen LogP contribution in [-0.2, 0) is 11.3 Å². The quantitative estimate of drug-likeness (QED) is 0.615. The van der Waals surface area contributed by atoms with Crippen LogP contribution >= 0.6 is 11.3 Å². The van der Waals surface area contributed by atoms with E-state index in [1.54, 1.807) is 18.4 Å². The molecule has 2 aromatic heterocycles. The Morgan fingerprint density at radius 2 is 2.00 bits per heavy atom. The third-order valence-electron chi connectivity index (χ3n) is 5.06. The number of ether oxygens (including phenoxy) is 1. The van der Waals surface area contributed by atoms with Crippen LogP contribution in [0.2, 0.25) is 0 Å². The first-order valence-corrected chi connectivity index (χ1v) is 10.2. The maximum Gasteiger partial charge on any atom is 0.186 e. The first-order valence-electron chi connectivity index (χ1n) is 9.39. The fourth-order valence-electron chi connectivity index (χ4n) is 3.61. The molecular weight excluding hydrogens is 362 g/mol. The number of benzene rings is 1. The van der Waals surface area contributed by atoms with Gasteiger partial charge in [-0.05, 0) is 29.0 Å².